The van der Waals surface area contributed by atoms with Gasteiger partial charge in [0.1, 0.15) is 0 Å². The average molecular weight is 344 g/mol. The van der Waals surface area contributed by atoms with Crippen molar-refractivity contribution in [3.8, 4) is 0 Å². The number of hydrogen-bond donors (Lipinski definition) is 1. The second-order valence-corrected chi connectivity index (χ2v) is 7.05. The summed E-state index contributed by atoms with van der Waals surface area (Å²) in [6, 6.07) is 20.2. The van der Waals surface area contributed by atoms with Gasteiger partial charge in [-0.1, -0.05) is 65.3 Å². The van der Waals surface area contributed by atoms with Crippen molar-refractivity contribution in [2.45, 2.75) is 37.6 Å². The maximum absolute atomic E-state index is 3.72. The summed E-state index contributed by atoms with van der Waals surface area (Å²) in [4.78, 5) is 0. The molecule has 110 valence electrons. The monoisotopic (exact) mass is 343 g/mol. The van der Waals surface area contributed by atoms with Gasteiger partial charge in [0.25, 0.3) is 0 Å². The van der Waals surface area contributed by atoms with Crippen molar-refractivity contribution in [3.63, 3.8) is 0 Å². The molecule has 1 fully saturated rings. The van der Waals surface area contributed by atoms with E-state index in [0.717, 1.165) is 16.9 Å². The fourth-order valence-corrected chi connectivity index (χ4v) is 3.30. The smallest absolute Gasteiger partial charge is 0.0175 e. The maximum atomic E-state index is 3.72. The van der Waals surface area contributed by atoms with Crippen molar-refractivity contribution in [2.75, 3.05) is 6.54 Å². The number of hydrogen-bond acceptors (Lipinski definition) is 1. The van der Waals surface area contributed by atoms with Crippen molar-refractivity contribution in [3.05, 3.63) is 70.2 Å². The van der Waals surface area contributed by atoms with Crippen LogP contribution in [-0.4, -0.2) is 12.6 Å². The lowest BCUT2D eigenvalue weighted by molar-refractivity contribution is 0.287. The number of halogens is 1. The normalized spacial score (nSPS) is 22.6. The van der Waals surface area contributed by atoms with Crippen LogP contribution in [0.2, 0.25) is 0 Å². The van der Waals surface area contributed by atoms with E-state index < -0.39 is 0 Å². The van der Waals surface area contributed by atoms with Crippen LogP contribution in [0.15, 0.2) is 59.1 Å². The molecule has 0 heterocycles. The Morgan fingerprint density at radius 1 is 1.05 bits per heavy atom. The minimum atomic E-state index is 0.581. The summed E-state index contributed by atoms with van der Waals surface area (Å²) in [5.41, 5.74) is 2.90. The molecule has 1 N–H and O–H groups in total. The molecule has 2 heteroatoms. The molecule has 0 amide bonds. The molecule has 0 aromatic heterocycles. The van der Waals surface area contributed by atoms with E-state index in [-0.39, 0.29) is 0 Å². The second kappa shape index (κ2) is 6.76. The Morgan fingerprint density at radius 2 is 1.71 bits per heavy atom. The summed E-state index contributed by atoms with van der Waals surface area (Å²) < 4.78 is 1.16. The van der Waals surface area contributed by atoms with Gasteiger partial charge in [-0.25, -0.2) is 0 Å². The lowest BCUT2D eigenvalue weighted by atomic mass is 9.76. The van der Waals surface area contributed by atoms with Crippen molar-refractivity contribution in [2.24, 2.45) is 0 Å². The van der Waals surface area contributed by atoms with E-state index in [1.165, 1.54) is 24.0 Å². The fraction of sp³-hybridized carbons (Fsp3) is 0.368. The summed E-state index contributed by atoms with van der Waals surface area (Å²) in [6.45, 7) is 3.37. The van der Waals surface area contributed by atoms with Gasteiger partial charge in [0.2, 0.25) is 0 Å². The van der Waals surface area contributed by atoms with E-state index in [9.17, 15) is 0 Å². The van der Waals surface area contributed by atoms with Crippen molar-refractivity contribution < 1.29 is 0 Å². The Labute approximate surface area is 135 Å². The molecule has 2 aromatic carbocycles. The molecule has 1 saturated carbocycles. The second-order valence-electron chi connectivity index (χ2n) is 6.14. The topological polar surface area (TPSA) is 12.0 Å². The number of benzene rings is 2. The zero-order valence-corrected chi connectivity index (χ0v) is 14.0. The van der Waals surface area contributed by atoms with Crippen LogP contribution in [0.1, 0.15) is 42.7 Å². The van der Waals surface area contributed by atoms with Crippen molar-refractivity contribution in [1.29, 1.82) is 0 Å². The molecule has 1 nitrogen and oxygen atoms in total. The van der Waals surface area contributed by atoms with Gasteiger partial charge in [0.15, 0.2) is 0 Å². The highest BCUT2D eigenvalue weighted by molar-refractivity contribution is 9.10. The van der Waals surface area contributed by atoms with E-state index in [0.29, 0.717) is 12.0 Å². The standard InChI is InChI=1S/C19H22BrN/c1-14(15-5-3-2-4-6-15)13-21-19-11-17(12-19)16-7-9-18(20)10-8-16/h2-10,14,17,19,21H,11-13H2,1H3. The molecule has 3 rings (SSSR count). The SMILES string of the molecule is CC(CNC1CC(c2ccc(Br)cc2)C1)c1ccccc1. The molecule has 21 heavy (non-hydrogen) atoms. The largest absolute Gasteiger partial charge is 0.313 e. The molecule has 1 atom stereocenters. The van der Waals surface area contributed by atoms with Gasteiger partial charge >= 0.3 is 0 Å². The molecule has 1 aliphatic carbocycles. The highest BCUT2D eigenvalue weighted by Gasteiger charge is 2.29. The Balaban J connectivity index is 1.44. The summed E-state index contributed by atoms with van der Waals surface area (Å²) in [5.74, 6) is 1.32. The van der Waals surface area contributed by atoms with Gasteiger partial charge in [0, 0.05) is 17.1 Å². The molecule has 0 radical (unpaired) electrons. The number of nitrogens with one attached hydrogen (secondary N) is 1. The van der Waals surface area contributed by atoms with Crippen LogP contribution >= 0.6 is 15.9 Å². The predicted octanol–water partition coefficient (Wildman–Crippen LogP) is 5.09. The molecule has 0 bridgehead atoms. The lowest BCUT2D eigenvalue weighted by Crippen LogP contribution is -2.41. The van der Waals surface area contributed by atoms with E-state index in [2.05, 4.69) is 82.8 Å². The third-order valence-electron chi connectivity index (χ3n) is 4.56. The maximum Gasteiger partial charge on any atom is 0.0175 e. The molecule has 0 spiro atoms. The minimum Gasteiger partial charge on any atom is -0.313 e. The molecule has 0 saturated heterocycles. The van der Waals surface area contributed by atoms with Crippen LogP contribution < -0.4 is 5.32 Å². The van der Waals surface area contributed by atoms with Gasteiger partial charge in [-0.05, 0) is 47.9 Å². The average Bonchev–Trinajstić information content (AvgIpc) is 2.48. The third kappa shape index (κ3) is 3.75. The van der Waals surface area contributed by atoms with Crippen LogP contribution in [0.25, 0.3) is 0 Å². The first-order valence-electron chi connectivity index (χ1n) is 7.76. The Bertz CT molecular complexity index is 558. The quantitative estimate of drug-likeness (QED) is 0.797. The van der Waals surface area contributed by atoms with Crippen LogP contribution in [0.5, 0.6) is 0 Å². The molecule has 1 unspecified atom stereocenters. The summed E-state index contributed by atoms with van der Waals surface area (Å²) >= 11 is 3.50. The highest BCUT2D eigenvalue weighted by Crippen LogP contribution is 2.37. The summed E-state index contributed by atoms with van der Waals surface area (Å²) in [6.07, 6.45) is 2.53. The van der Waals surface area contributed by atoms with Crippen LogP contribution in [0.3, 0.4) is 0 Å². The highest BCUT2D eigenvalue weighted by atomic mass is 79.9. The van der Waals surface area contributed by atoms with E-state index >= 15 is 0 Å². The van der Waals surface area contributed by atoms with Crippen LogP contribution in [0, 0.1) is 0 Å². The first-order valence-corrected chi connectivity index (χ1v) is 8.55. The zero-order valence-electron chi connectivity index (χ0n) is 12.4. The fourth-order valence-electron chi connectivity index (χ4n) is 3.03. The molecular formula is C19H22BrN. The molecule has 1 aliphatic rings. The van der Waals surface area contributed by atoms with E-state index in [1.807, 2.05) is 0 Å². The van der Waals surface area contributed by atoms with Gasteiger partial charge in [-0.15, -0.1) is 0 Å². The van der Waals surface area contributed by atoms with Crippen LogP contribution in [-0.2, 0) is 0 Å². The first kappa shape index (κ1) is 14.8. The van der Waals surface area contributed by atoms with E-state index in [1.54, 1.807) is 0 Å². The summed E-state index contributed by atoms with van der Waals surface area (Å²) in [7, 11) is 0. The molecule has 0 aliphatic heterocycles. The summed E-state index contributed by atoms with van der Waals surface area (Å²) in [5, 5.41) is 3.72. The van der Waals surface area contributed by atoms with Crippen molar-refractivity contribution in [1.82, 2.24) is 5.32 Å². The Kier molecular flexibility index (Phi) is 4.77. The molecular weight excluding hydrogens is 322 g/mol. The minimum absolute atomic E-state index is 0.581. The first-order chi connectivity index (χ1) is 10.2. The van der Waals surface area contributed by atoms with Crippen molar-refractivity contribution >= 4 is 15.9 Å². The lowest BCUT2D eigenvalue weighted by Gasteiger charge is -2.37. The zero-order chi connectivity index (χ0) is 14.7. The van der Waals surface area contributed by atoms with Gasteiger partial charge in [-0.3, -0.25) is 0 Å². The van der Waals surface area contributed by atoms with Gasteiger partial charge in [0.05, 0.1) is 0 Å². The van der Waals surface area contributed by atoms with Gasteiger partial charge < -0.3 is 5.32 Å². The predicted molar refractivity (Wildman–Crippen MR) is 92.8 cm³/mol. The Hall–Kier alpha value is -1.12. The number of rotatable bonds is 5. The molecule has 2 aromatic rings. The van der Waals surface area contributed by atoms with Gasteiger partial charge in [-0.2, -0.15) is 0 Å². The Morgan fingerprint density at radius 3 is 2.38 bits per heavy atom. The third-order valence-corrected chi connectivity index (χ3v) is 5.09. The van der Waals surface area contributed by atoms with Crippen LogP contribution in [0.4, 0.5) is 0 Å². The van der Waals surface area contributed by atoms with E-state index in [4.69, 9.17) is 0 Å².